The number of rotatable bonds is 6. The number of aromatic hydroxyl groups is 1. The average molecular weight is 490 g/mol. The molecule has 0 fully saturated rings. The van der Waals surface area contributed by atoms with Crippen LogP contribution in [0.15, 0.2) is 75.0 Å². The zero-order chi connectivity index (χ0) is 21.9. The number of aryl methyl sites for hydroxylation is 1. The van der Waals surface area contributed by atoms with Crippen molar-refractivity contribution in [3.8, 4) is 5.75 Å². The van der Waals surface area contributed by atoms with E-state index >= 15 is 0 Å². The molecule has 10 heteroatoms. The minimum absolute atomic E-state index is 0.104. The number of phenols is 1. The van der Waals surface area contributed by atoms with Gasteiger partial charge < -0.3 is 5.11 Å². The lowest BCUT2D eigenvalue weighted by Crippen LogP contribution is -2.13. The van der Waals surface area contributed by atoms with Gasteiger partial charge in [-0.15, -0.1) is 0 Å². The van der Waals surface area contributed by atoms with Crippen LogP contribution in [-0.4, -0.2) is 24.7 Å². The van der Waals surface area contributed by atoms with Crippen molar-refractivity contribution in [1.82, 2.24) is 0 Å². The molecule has 154 valence electrons. The van der Waals surface area contributed by atoms with E-state index in [4.69, 9.17) is 0 Å². The van der Waals surface area contributed by atoms with Crippen LogP contribution in [0.2, 0.25) is 0 Å². The topological polar surface area (TPSA) is 122 Å². The second-order valence-corrected chi connectivity index (χ2v) is 8.91. The number of nitrogens with zero attached hydrogens (tertiary/aromatic N) is 2. The normalized spacial score (nSPS) is 11.5. The molecule has 0 bridgehead atoms. The molecule has 0 amide bonds. The molecule has 0 radical (unpaired) electrons. The average Bonchev–Trinajstić information content (AvgIpc) is 2.69. The Morgan fingerprint density at radius 2 is 1.80 bits per heavy atom. The van der Waals surface area contributed by atoms with Crippen LogP contribution in [0.3, 0.4) is 0 Å². The van der Waals surface area contributed by atoms with Gasteiger partial charge in [0.1, 0.15) is 0 Å². The molecule has 0 spiro atoms. The molecule has 0 saturated heterocycles. The lowest BCUT2D eigenvalue weighted by Gasteiger charge is -2.10. The summed E-state index contributed by atoms with van der Waals surface area (Å²) in [6.45, 7) is 1.86. The van der Waals surface area contributed by atoms with E-state index in [9.17, 15) is 23.6 Å². The number of phenolic OH excluding ortho intramolecular Hbond substituents is 1. The summed E-state index contributed by atoms with van der Waals surface area (Å²) in [5.41, 5.74) is 1.06. The number of sulfonamides is 1. The van der Waals surface area contributed by atoms with Crippen LogP contribution in [0.1, 0.15) is 11.1 Å². The number of benzene rings is 3. The lowest BCUT2D eigenvalue weighted by atomic mass is 10.2. The zero-order valence-corrected chi connectivity index (χ0v) is 18.0. The number of para-hydroxylation sites is 2. The van der Waals surface area contributed by atoms with Crippen molar-refractivity contribution in [2.24, 2.45) is 4.99 Å². The highest BCUT2D eigenvalue weighted by atomic mass is 79.9. The maximum Gasteiger partial charge on any atom is 0.312 e. The zero-order valence-electron chi connectivity index (χ0n) is 15.6. The van der Waals surface area contributed by atoms with Gasteiger partial charge in [-0.2, -0.15) is 0 Å². The van der Waals surface area contributed by atoms with Crippen LogP contribution >= 0.6 is 15.9 Å². The Kier molecular flexibility index (Phi) is 6.18. The number of aliphatic imine (C=N–C) groups is 1. The van der Waals surface area contributed by atoms with Crippen molar-refractivity contribution < 1.29 is 18.4 Å². The van der Waals surface area contributed by atoms with E-state index in [1.807, 2.05) is 6.92 Å². The lowest BCUT2D eigenvalue weighted by molar-refractivity contribution is -0.385. The third-order valence-corrected chi connectivity index (χ3v) is 5.94. The molecule has 0 aliphatic heterocycles. The van der Waals surface area contributed by atoms with E-state index in [-0.39, 0.29) is 21.8 Å². The molecule has 8 nitrogen and oxygen atoms in total. The quantitative estimate of drug-likeness (QED) is 0.289. The van der Waals surface area contributed by atoms with E-state index < -0.39 is 26.4 Å². The highest BCUT2D eigenvalue weighted by Crippen LogP contribution is 2.33. The number of hydrogen-bond donors (Lipinski definition) is 2. The molecule has 0 atom stereocenters. The highest BCUT2D eigenvalue weighted by Gasteiger charge is 2.18. The molecule has 30 heavy (non-hydrogen) atoms. The summed E-state index contributed by atoms with van der Waals surface area (Å²) < 4.78 is 28.2. The van der Waals surface area contributed by atoms with Crippen LogP contribution in [0.5, 0.6) is 5.75 Å². The Morgan fingerprint density at radius 3 is 2.47 bits per heavy atom. The third kappa shape index (κ3) is 4.84. The van der Waals surface area contributed by atoms with E-state index in [1.165, 1.54) is 30.5 Å². The molecule has 3 rings (SSSR count). The molecular weight excluding hydrogens is 474 g/mol. The van der Waals surface area contributed by atoms with Gasteiger partial charge in [-0.1, -0.05) is 45.8 Å². The maximum absolute atomic E-state index is 12.7. The number of anilines is 1. The molecule has 0 aromatic heterocycles. The van der Waals surface area contributed by atoms with Crippen molar-refractivity contribution in [1.29, 1.82) is 0 Å². The van der Waals surface area contributed by atoms with Crippen molar-refractivity contribution in [2.75, 3.05) is 4.72 Å². The molecule has 3 aromatic carbocycles. The van der Waals surface area contributed by atoms with Gasteiger partial charge >= 0.3 is 5.69 Å². The number of hydrogen-bond acceptors (Lipinski definition) is 6. The largest absolute Gasteiger partial charge is 0.502 e. The third-order valence-electron chi connectivity index (χ3n) is 4.10. The fraction of sp³-hybridized carbons (Fsp3) is 0.0500. The summed E-state index contributed by atoms with van der Waals surface area (Å²) in [6.07, 6.45) is 1.23. The van der Waals surface area contributed by atoms with Gasteiger partial charge in [0.15, 0.2) is 0 Å². The molecule has 0 heterocycles. The second kappa shape index (κ2) is 8.64. The number of nitro benzene ring substituents is 1. The summed E-state index contributed by atoms with van der Waals surface area (Å²) in [5.74, 6) is -0.537. The van der Waals surface area contributed by atoms with Gasteiger partial charge in [0, 0.05) is 22.3 Å². The minimum atomic E-state index is -3.84. The Bertz CT molecular complexity index is 1240. The fourth-order valence-corrected chi connectivity index (χ4v) is 4.11. The fourth-order valence-electron chi connectivity index (χ4n) is 2.58. The highest BCUT2D eigenvalue weighted by molar-refractivity contribution is 9.10. The van der Waals surface area contributed by atoms with Crippen LogP contribution < -0.4 is 4.72 Å². The SMILES string of the molecule is Cc1ccc(S(=O)(=O)Nc2ccccc2N=Cc2cc(Br)cc([N+](=O)[O-])c2O)cc1. The first-order valence-corrected chi connectivity index (χ1v) is 10.8. The van der Waals surface area contributed by atoms with Crippen molar-refractivity contribution in [3.05, 3.63) is 86.4 Å². The molecule has 3 aromatic rings. The number of halogens is 1. The standard InChI is InChI=1S/C20H16BrN3O5S/c1-13-6-8-16(9-7-13)30(28,29)23-18-5-3-2-4-17(18)22-12-14-10-15(21)11-19(20(14)25)24(26)27/h2-12,23,25H,1H3. The Hall–Kier alpha value is -3.24. The van der Waals surface area contributed by atoms with Gasteiger partial charge in [0.25, 0.3) is 10.0 Å². The minimum Gasteiger partial charge on any atom is -0.502 e. The van der Waals surface area contributed by atoms with Crippen molar-refractivity contribution in [3.63, 3.8) is 0 Å². The van der Waals surface area contributed by atoms with Gasteiger partial charge in [-0.05, 0) is 37.3 Å². The summed E-state index contributed by atoms with van der Waals surface area (Å²) in [7, 11) is -3.84. The van der Waals surface area contributed by atoms with E-state index in [1.54, 1.807) is 36.4 Å². The predicted octanol–water partition coefficient (Wildman–Crippen LogP) is 4.92. The number of nitro groups is 1. The van der Waals surface area contributed by atoms with E-state index in [0.717, 1.165) is 5.56 Å². The predicted molar refractivity (Wildman–Crippen MR) is 118 cm³/mol. The van der Waals surface area contributed by atoms with E-state index in [2.05, 4.69) is 25.6 Å². The maximum atomic E-state index is 12.7. The Morgan fingerprint density at radius 1 is 1.13 bits per heavy atom. The molecular formula is C20H16BrN3O5S. The molecule has 0 saturated carbocycles. The smallest absolute Gasteiger partial charge is 0.312 e. The van der Waals surface area contributed by atoms with Crippen LogP contribution in [0, 0.1) is 17.0 Å². The summed E-state index contributed by atoms with van der Waals surface area (Å²) in [5, 5.41) is 21.2. The first kappa shape index (κ1) is 21.5. The van der Waals surface area contributed by atoms with Crippen LogP contribution in [0.4, 0.5) is 17.1 Å². The van der Waals surface area contributed by atoms with Gasteiger partial charge in [0.05, 0.1) is 21.2 Å². The van der Waals surface area contributed by atoms with Crippen molar-refractivity contribution >= 4 is 49.2 Å². The van der Waals surface area contributed by atoms with Gasteiger partial charge in [-0.3, -0.25) is 19.8 Å². The monoisotopic (exact) mass is 489 g/mol. The Balaban J connectivity index is 1.95. The van der Waals surface area contributed by atoms with Crippen LogP contribution in [0.25, 0.3) is 0 Å². The number of nitrogens with one attached hydrogen (secondary N) is 1. The molecule has 2 N–H and O–H groups in total. The van der Waals surface area contributed by atoms with Crippen molar-refractivity contribution in [2.45, 2.75) is 11.8 Å². The summed E-state index contributed by atoms with van der Waals surface area (Å²) in [6, 6.07) is 15.5. The van der Waals surface area contributed by atoms with Gasteiger partial charge in [-0.25, -0.2) is 8.42 Å². The molecule has 0 aliphatic rings. The summed E-state index contributed by atoms with van der Waals surface area (Å²) in [4.78, 5) is 14.7. The molecule has 0 aliphatic carbocycles. The first-order chi connectivity index (χ1) is 14.2. The first-order valence-electron chi connectivity index (χ1n) is 8.57. The van der Waals surface area contributed by atoms with Gasteiger partial charge in [0.2, 0.25) is 5.75 Å². The van der Waals surface area contributed by atoms with Crippen LogP contribution in [-0.2, 0) is 10.0 Å². The summed E-state index contributed by atoms with van der Waals surface area (Å²) >= 11 is 3.16. The molecule has 0 unspecified atom stereocenters. The van der Waals surface area contributed by atoms with E-state index in [0.29, 0.717) is 4.47 Å². The second-order valence-electron chi connectivity index (χ2n) is 6.31. The Labute approximate surface area is 181 Å².